The summed E-state index contributed by atoms with van der Waals surface area (Å²) in [5.74, 6) is 0. The van der Waals surface area contributed by atoms with E-state index in [1.54, 1.807) is 0 Å². The van der Waals surface area contributed by atoms with E-state index in [1.165, 1.54) is 6.20 Å². The lowest BCUT2D eigenvalue weighted by atomic mass is 10.1. The van der Waals surface area contributed by atoms with Gasteiger partial charge in [0, 0.05) is 23.0 Å². The predicted octanol–water partition coefficient (Wildman–Crippen LogP) is 4.13. The molecule has 0 spiro atoms. The highest BCUT2D eigenvalue weighted by Crippen LogP contribution is 2.32. The zero-order valence-corrected chi connectivity index (χ0v) is 14.1. The molecule has 0 saturated carbocycles. The molecule has 1 N–H and O–H groups in total. The lowest BCUT2D eigenvalue weighted by Crippen LogP contribution is -2.10. The van der Waals surface area contributed by atoms with Crippen molar-refractivity contribution in [2.45, 2.75) is 26.4 Å². The van der Waals surface area contributed by atoms with Gasteiger partial charge in [0.15, 0.2) is 0 Å². The summed E-state index contributed by atoms with van der Waals surface area (Å²) >= 11 is 3.38. The van der Waals surface area contributed by atoms with Gasteiger partial charge < -0.3 is 10.1 Å². The highest BCUT2D eigenvalue weighted by molar-refractivity contribution is 9.10. The van der Waals surface area contributed by atoms with Gasteiger partial charge in [0.05, 0.1) is 16.5 Å². The van der Waals surface area contributed by atoms with Gasteiger partial charge in [0.2, 0.25) is 0 Å². The average Bonchev–Trinajstić information content (AvgIpc) is 2.45. The summed E-state index contributed by atoms with van der Waals surface area (Å²) in [6.45, 7) is 5.18. The van der Waals surface area contributed by atoms with Crippen LogP contribution in [0, 0.1) is 10.1 Å². The first-order chi connectivity index (χ1) is 10.5. The Labute approximate surface area is 137 Å². The molecule has 0 bridgehead atoms. The minimum Gasteiger partial charge on any atom is -0.379 e. The number of nitro groups is 1. The molecule has 0 saturated heterocycles. The van der Waals surface area contributed by atoms with Crippen LogP contribution in [0.4, 0.5) is 11.4 Å². The summed E-state index contributed by atoms with van der Waals surface area (Å²) in [7, 11) is 0. The molecule has 2 aromatic rings. The number of fused-ring (bicyclic) bond motifs is 1. The Morgan fingerprint density at radius 2 is 2.23 bits per heavy atom. The second-order valence-corrected chi connectivity index (χ2v) is 6.05. The summed E-state index contributed by atoms with van der Waals surface area (Å²) in [6, 6.07) is 5.51. The SMILES string of the molecule is CC(C)OCCCNc1c([N+](=O)[O-])cnc2cc(Br)ccc12. The van der Waals surface area contributed by atoms with E-state index in [4.69, 9.17) is 4.74 Å². The van der Waals surface area contributed by atoms with Crippen LogP contribution in [0.25, 0.3) is 10.9 Å². The topological polar surface area (TPSA) is 77.3 Å². The van der Waals surface area contributed by atoms with Gasteiger partial charge in [-0.05, 0) is 38.5 Å². The normalized spacial score (nSPS) is 11.1. The smallest absolute Gasteiger partial charge is 0.311 e. The second kappa shape index (κ2) is 7.51. The van der Waals surface area contributed by atoms with Gasteiger partial charge in [-0.25, -0.2) is 4.98 Å². The van der Waals surface area contributed by atoms with Crippen LogP contribution in [0.5, 0.6) is 0 Å². The summed E-state index contributed by atoms with van der Waals surface area (Å²) < 4.78 is 6.35. The molecule has 7 heteroatoms. The fourth-order valence-electron chi connectivity index (χ4n) is 2.09. The van der Waals surface area contributed by atoms with E-state index in [0.717, 1.165) is 16.3 Å². The minimum atomic E-state index is -0.415. The minimum absolute atomic E-state index is 0.0143. The van der Waals surface area contributed by atoms with Crippen LogP contribution in [-0.4, -0.2) is 29.2 Å². The standard InChI is InChI=1S/C15H18BrN3O3/c1-10(2)22-7-3-6-17-15-12-5-4-11(16)8-13(12)18-9-14(15)19(20)21/h4-5,8-10H,3,6-7H2,1-2H3,(H,17,18). The van der Waals surface area contributed by atoms with Gasteiger partial charge >= 0.3 is 5.69 Å². The highest BCUT2D eigenvalue weighted by Gasteiger charge is 2.17. The molecule has 1 heterocycles. The molecule has 2 rings (SSSR count). The number of pyridine rings is 1. The summed E-state index contributed by atoms with van der Waals surface area (Å²) in [4.78, 5) is 14.9. The maximum absolute atomic E-state index is 11.2. The summed E-state index contributed by atoms with van der Waals surface area (Å²) in [5.41, 5.74) is 1.20. The molecule has 0 atom stereocenters. The molecule has 22 heavy (non-hydrogen) atoms. The van der Waals surface area contributed by atoms with E-state index in [9.17, 15) is 10.1 Å². The molecule has 0 aliphatic heterocycles. The van der Waals surface area contributed by atoms with E-state index in [2.05, 4.69) is 26.2 Å². The van der Waals surface area contributed by atoms with Crippen molar-refractivity contribution in [3.63, 3.8) is 0 Å². The van der Waals surface area contributed by atoms with E-state index in [-0.39, 0.29) is 11.8 Å². The van der Waals surface area contributed by atoms with Crippen LogP contribution in [0.3, 0.4) is 0 Å². The van der Waals surface area contributed by atoms with Gasteiger partial charge in [-0.3, -0.25) is 10.1 Å². The van der Waals surface area contributed by atoms with Crippen molar-refractivity contribution in [2.24, 2.45) is 0 Å². The van der Waals surface area contributed by atoms with Gasteiger partial charge in [0.25, 0.3) is 0 Å². The number of hydrogen-bond acceptors (Lipinski definition) is 5. The van der Waals surface area contributed by atoms with Crippen LogP contribution in [0.2, 0.25) is 0 Å². The maximum Gasteiger partial charge on any atom is 0.311 e. The first-order valence-corrected chi connectivity index (χ1v) is 7.86. The zero-order valence-electron chi connectivity index (χ0n) is 12.5. The molecular weight excluding hydrogens is 350 g/mol. The van der Waals surface area contributed by atoms with Crippen LogP contribution in [0.15, 0.2) is 28.9 Å². The zero-order chi connectivity index (χ0) is 16.1. The van der Waals surface area contributed by atoms with E-state index in [1.807, 2.05) is 32.0 Å². The van der Waals surface area contributed by atoms with E-state index >= 15 is 0 Å². The number of nitrogens with one attached hydrogen (secondary N) is 1. The lowest BCUT2D eigenvalue weighted by Gasteiger charge is -2.11. The quantitative estimate of drug-likeness (QED) is 0.452. The van der Waals surface area contributed by atoms with E-state index in [0.29, 0.717) is 24.4 Å². The molecule has 0 aliphatic rings. The van der Waals surface area contributed by atoms with Crippen molar-refractivity contribution in [3.8, 4) is 0 Å². The van der Waals surface area contributed by atoms with Crippen molar-refractivity contribution < 1.29 is 9.66 Å². The Balaban J connectivity index is 2.21. The number of halogens is 1. The Bertz CT molecular complexity index is 676. The van der Waals surface area contributed by atoms with E-state index < -0.39 is 4.92 Å². The summed E-state index contributed by atoms with van der Waals surface area (Å²) in [6.07, 6.45) is 2.26. The molecule has 0 radical (unpaired) electrons. The van der Waals surface area contributed by atoms with Crippen molar-refractivity contribution in [1.82, 2.24) is 4.98 Å². The van der Waals surface area contributed by atoms with Crippen LogP contribution in [-0.2, 0) is 4.74 Å². The molecule has 1 aromatic heterocycles. The number of ether oxygens (including phenoxy) is 1. The molecule has 0 fully saturated rings. The molecular formula is C15H18BrN3O3. The highest BCUT2D eigenvalue weighted by atomic mass is 79.9. The van der Waals surface area contributed by atoms with Gasteiger partial charge in [-0.1, -0.05) is 15.9 Å². The van der Waals surface area contributed by atoms with Crippen molar-refractivity contribution in [3.05, 3.63) is 39.0 Å². The first-order valence-electron chi connectivity index (χ1n) is 7.07. The molecule has 1 aromatic carbocycles. The number of aromatic nitrogens is 1. The number of nitrogens with zero attached hydrogens (tertiary/aromatic N) is 2. The number of rotatable bonds is 7. The third-order valence-electron chi connectivity index (χ3n) is 3.08. The number of hydrogen-bond donors (Lipinski definition) is 1. The van der Waals surface area contributed by atoms with Gasteiger partial charge in [-0.2, -0.15) is 0 Å². The fraction of sp³-hybridized carbons (Fsp3) is 0.400. The summed E-state index contributed by atoms with van der Waals surface area (Å²) in [5, 5.41) is 15.1. The lowest BCUT2D eigenvalue weighted by molar-refractivity contribution is -0.384. The van der Waals surface area contributed by atoms with Gasteiger partial charge in [-0.15, -0.1) is 0 Å². The average molecular weight is 368 g/mol. The molecule has 6 nitrogen and oxygen atoms in total. The number of benzene rings is 1. The third kappa shape index (κ3) is 4.14. The Morgan fingerprint density at radius 1 is 1.45 bits per heavy atom. The largest absolute Gasteiger partial charge is 0.379 e. The van der Waals surface area contributed by atoms with Crippen LogP contribution >= 0.6 is 15.9 Å². The van der Waals surface area contributed by atoms with Gasteiger partial charge in [0.1, 0.15) is 11.9 Å². The predicted molar refractivity (Wildman–Crippen MR) is 90.3 cm³/mol. The van der Waals surface area contributed by atoms with Crippen molar-refractivity contribution in [2.75, 3.05) is 18.5 Å². The third-order valence-corrected chi connectivity index (χ3v) is 3.58. The van der Waals surface area contributed by atoms with Crippen LogP contribution in [0.1, 0.15) is 20.3 Å². The first kappa shape index (κ1) is 16.6. The van der Waals surface area contributed by atoms with Crippen molar-refractivity contribution >= 4 is 38.2 Å². The molecule has 0 amide bonds. The Morgan fingerprint density at radius 3 is 2.91 bits per heavy atom. The molecule has 0 unspecified atom stereocenters. The Hall–Kier alpha value is -1.73. The van der Waals surface area contributed by atoms with Crippen LogP contribution < -0.4 is 5.32 Å². The number of anilines is 1. The van der Waals surface area contributed by atoms with Crippen molar-refractivity contribution in [1.29, 1.82) is 0 Å². The molecule has 0 aliphatic carbocycles. The maximum atomic E-state index is 11.2. The monoisotopic (exact) mass is 367 g/mol. The fourth-order valence-corrected chi connectivity index (χ4v) is 2.43. The second-order valence-electron chi connectivity index (χ2n) is 5.14. The Kier molecular flexibility index (Phi) is 5.68. The molecule has 118 valence electrons.